The van der Waals surface area contributed by atoms with Crippen LogP contribution in [0.3, 0.4) is 0 Å². The fraction of sp³-hybridized carbons (Fsp3) is 0.364. The van der Waals surface area contributed by atoms with Gasteiger partial charge in [-0.1, -0.05) is 25.1 Å². The molecule has 1 fully saturated rings. The molecule has 1 amide bonds. The normalized spacial score (nSPS) is 17.6. The van der Waals surface area contributed by atoms with E-state index in [4.69, 9.17) is 4.98 Å². The van der Waals surface area contributed by atoms with Crippen LogP contribution in [0.5, 0.6) is 0 Å². The SMILES string of the molecule is CC[C@@H]1CCCCN1C(=O)c1cc(-c2ccc(C)s2)nc2ccccc12. The van der Waals surface area contributed by atoms with Crippen LogP contribution in [0.4, 0.5) is 0 Å². The van der Waals surface area contributed by atoms with Crippen LogP contribution in [0.25, 0.3) is 21.5 Å². The van der Waals surface area contributed by atoms with E-state index in [9.17, 15) is 4.79 Å². The molecule has 0 radical (unpaired) electrons. The van der Waals surface area contributed by atoms with E-state index in [0.717, 1.165) is 52.8 Å². The predicted octanol–water partition coefficient (Wildman–Crippen LogP) is 5.68. The van der Waals surface area contributed by atoms with Crippen LogP contribution in [-0.4, -0.2) is 28.4 Å². The second-order valence-corrected chi connectivity index (χ2v) is 8.33. The Morgan fingerprint density at radius 1 is 1.23 bits per heavy atom. The van der Waals surface area contributed by atoms with Crippen molar-refractivity contribution in [3.63, 3.8) is 0 Å². The molecule has 0 bridgehead atoms. The van der Waals surface area contributed by atoms with Crippen molar-refractivity contribution in [2.24, 2.45) is 0 Å². The number of amides is 1. The molecule has 1 aliphatic rings. The molecule has 2 aromatic heterocycles. The van der Waals surface area contributed by atoms with Crippen molar-refractivity contribution in [3.8, 4) is 10.6 Å². The zero-order chi connectivity index (χ0) is 18.1. The number of benzene rings is 1. The van der Waals surface area contributed by atoms with E-state index in [-0.39, 0.29) is 5.91 Å². The van der Waals surface area contributed by atoms with Gasteiger partial charge < -0.3 is 4.90 Å². The van der Waals surface area contributed by atoms with Crippen LogP contribution >= 0.6 is 11.3 Å². The average molecular weight is 365 g/mol. The van der Waals surface area contributed by atoms with E-state index in [1.54, 1.807) is 11.3 Å². The molecule has 1 aromatic carbocycles. The van der Waals surface area contributed by atoms with Gasteiger partial charge in [0.1, 0.15) is 0 Å². The second kappa shape index (κ2) is 7.20. The van der Waals surface area contributed by atoms with Gasteiger partial charge in [-0.2, -0.15) is 0 Å². The first-order chi connectivity index (χ1) is 12.7. The summed E-state index contributed by atoms with van der Waals surface area (Å²) in [5.41, 5.74) is 2.58. The molecule has 0 saturated carbocycles. The number of rotatable bonds is 3. The zero-order valence-corrected chi connectivity index (χ0v) is 16.2. The Kier molecular flexibility index (Phi) is 4.77. The molecule has 26 heavy (non-hydrogen) atoms. The maximum absolute atomic E-state index is 13.5. The topological polar surface area (TPSA) is 33.2 Å². The summed E-state index contributed by atoms with van der Waals surface area (Å²) in [6.45, 7) is 5.14. The summed E-state index contributed by atoms with van der Waals surface area (Å²) >= 11 is 1.72. The lowest BCUT2D eigenvalue weighted by atomic mass is 9.97. The van der Waals surface area contributed by atoms with Crippen LogP contribution in [0.15, 0.2) is 42.5 Å². The molecule has 4 rings (SSSR count). The molecule has 134 valence electrons. The molecule has 4 heteroatoms. The molecule has 3 heterocycles. The maximum Gasteiger partial charge on any atom is 0.254 e. The summed E-state index contributed by atoms with van der Waals surface area (Å²) < 4.78 is 0. The molecule has 3 aromatic rings. The van der Waals surface area contributed by atoms with Crippen LogP contribution in [-0.2, 0) is 0 Å². The summed E-state index contributed by atoms with van der Waals surface area (Å²) in [6.07, 6.45) is 4.45. The van der Waals surface area contributed by atoms with Crippen molar-refractivity contribution >= 4 is 28.1 Å². The van der Waals surface area contributed by atoms with Gasteiger partial charge in [0.15, 0.2) is 0 Å². The van der Waals surface area contributed by atoms with Crippen LogP contribution in [0.1, 0.15) is 47.8 Å². The van der Waals surface area contributed by atoms with Crippen molar-refractivity contribution in [1.82, 2.24) is 9.88 Å². The molecule has 0 N–H and O–H groups in total. The van der Waals surface area contributed by atoms with E-state index >= 15 is 0 Å². The number of aryl methyl sites for hydroxylation is 1. The number of aromatic nitrogens is 1. The summed E-state index contributed by atoms with van der Waals surface area (Å²) in [5, 5.41) is 0.954. The lowest BCUT2D eigenvalue weighted by Gasteiger charge is -2.35. The molecule has 3 nitrogen and oxygen atoms in total. The lowest BCUT2D eigenvalue weighted by molar-refractivity contribution is 0.0610. The minimum atomic E-state index is 0.157. The maximum atomic E-state index is 13.5. The quantitative estimate of drug-likeness (QED) is 0.599. The molecular formula is C22H24N2OS. The van der Waals surface area contributed by atoms with Crippen molar-refractivity contribution in [2.75, 3.05) is 6.54 Å². The van der Waals surface area contributed by atoms with Gasteiger partial charge >= 0.3 is 0 Å². The van der Waals surface area contributed by atoms with E-state index in [1.807, 2.05) is 30.3 Å². The van der Waals surface area contributed by atoms with E-state index < -0.39 is 0 Å². The number of hydrogen-bond donors (Lipinski definition) is 0. The monoisotopic (exact) mass is 364 g/mol. The van der Waals surface area contributed by atoms with Crippen LogP contribution in [0.2, 0.25) is 0 Å². The lowest BCUT2D eigenvalue weighted by Crippen LogP contribution is -2.43. The van der Waals surface area contributed by atoms with Gasteiger partial charge in [0, 0.05) is 22.8 Å². The first-order valence-electron chi connectivity index (χ1n) is 9.45. The van der Waals surface area contributed by atoms with E-state index in [0.29, 0.717) is 6.04 Å². The van der Waals surface area contributed by atoms with Crippen molar-refractivity contribution in [1.29, 1.82) is 0 Å². The highest BCUT2D eigenvalue weighted by Crippen LogP contribution is 2.31. The van der Waals surface area contributed by atoms with E-state index in [1.165, 1.54) is 11.3 Å². The Balaban J connectivity index is 1.83. The highest BCUT2D eigenvalue weighted by Gasteiger charge is 2.27. The minimum Gasteiger partial charge on any atom is -0.336 e. The van der Waals surface area contributed by atoms with Crippen molar-refractivity contribution in [2.45, 2.75) is 45.6 Å². The van der Waals surface area contributed by atoms with Gasteiger partial charge in [-0.05, 0) is 56.9 Å². The molecule has 0 spiro atoms. The fourth-order valence-corrected chi connectivity index (χ4v) is 4.73. The van der Waals surface area contributed by atoms with Gasteiger partial charge in [-0.25, -0.2) is 4.98 Å². The molecular weight excluding hydrogens is 340 g/mol. The Hall–Kier alpha value is -2.20. The summed E-state index contributed by atoms with van der Waals surface area (Å²) in [7, 11) is 0. The van der Waals surface area contributed by atoms with Crippen molar-refractivity contribution in [3.05, 3.63) is 52.9 Å². The number of likely N-dealkylation sites (tertiary alicyclic amines) is 1. The highest BCUT2D eigenvalue weighted by molar-refractivity contribution is 7.15. The fourth-order valence-electron chi connectivity index (χ4n) is 3.90. The summed E-state index contributed by atoms with van der Waals surface area (Å²) in [6, 6.07) is 14.6. The minimum absolute atomic E-state index is 0.157. The summed E-state index contributed by atoms with van der Waals surface area (Å²) in [5.74, 6) is 0.157. The van der Waals surface area contributed by atoms with Gasteiger partial charge in [0.2, 0.25) is 0 Å². The predicted molar refractivity (Wildman–Crippen MR) is 109 cm³/mol. The average Bonchev–Trinajstić information content (AvgIpc) is 3.13. The molecule has 0 unspecified atom stereocenters. The number of hydrogen-bond acceptors (Lipinski definition) is 3. The number of carbonyl (C=O) groups is 1. The number of nitrogens with zero attached hydrogens (tertiary/aromatic N) is 2. The highest BCUT2D eigenvalue weighted by atomic mass is 32.1. The number of fused-ring (bicyclic) bond motifs is 1. The second-order valence-electron chi connectivity index (χ2n) is 7.04. The third-order valence-electron chi connectivity index (χ3n) is 5.30. The summed E-state index contributed by atoms with van der Waals surface area (Å²) in [4.78, 5) is 22.8. The zero-order valence-electron chi connectivity index (χ0n) is 15.4. The Morgan fingerprint density at radius 2 is 2.08 bits per heavy atom. The third-order valence-corrected chi connectivity index (χ3v) is 6.32. The smallest absolute Gasteiger partial charge is 0.254 e. The number of pyridine rings is 1. The van der Waals surface area contributed by atoms with E-state index in [2.05, 4.69) is 30.9 Å². The standard InChI is InChI=1S/C22H24N2OS/c1-3-16-8-6-7-13-24(16)22(25)18-14-20(21-12-11-15(2)26-21)23-19-10-5-4-9-17(18)19/h4-5,9-12,14,16H,3,6-8,13H2,1-2H3/t16-/m1/s1. The molecule has 1 atom stereocenters. The van der Waals surface area contributed by atoms with Gasteiger partial charge in [-0.15, -0.1) is 11.3 Å². The van der Waals surface area contributed by atoms with Crippen LogP contribution < -0.4 is 0 Å². The third kappa shape index (κ3) is 3.14. The Morgan fingerprint density at radius 3 is 2.85 bits per heavy atom. The number of carbonyl (C=O) groups excluding carboxylic acids is 1. The number of thiophene rings is 1. The van der Waals surface area contributed by atoms with Crippen molar-refractivity contribution < 1.29 is 4.79 Å². The van der Waals surface area contributed by atoms with Gasteiger partial charge in [-0.3, -0.25) is 4.79 Å². The Bertz CT molecular complexity index is 946. The van der Waals surface area contributed by atoms with Gasteiger partial charge in [0.25, 0.3) is 5.91 Å². The number of para-hydroxylation sites is 1. The Labute approximate surface area is 158 Å². The first kappa shape index (κ1) is 17.2. The van der Waals surface area contributed by atoms with Gasteiger partial charge in [0.05, 0.1) is 21.7 Å². The molecule has 1 aliphatic heterocycles. The van der Waals surface area contributed by atoms with Crippen LogP contribution in [0, 0.1) is 6.92 Å². The largest absolute Gasteiger partial charge is 0.336 e. The molecule has 0 aliphatic carbocycles. The number of piperidine rings is 1. The first-order valence-corrected chi connectivity index (χ1v) is 10.3. The molecule has 1 saturated heterocycles.